The van der Waals surface area contributed by atoms with Crippen molar-refractivity contribution in [3.05, 3.63) is 0 Å². The molecule has 0 spiro atoms. The molecule has 1 saturated heterocycles. The van der Waals surface area contributed by atoms with E-state index < -0.39 is 0 Å². The zero-order valence-electron chi connectivity index (χ0n) is 9.46. The maximum absolute atomic E-state index is 5.42. The molecule has 4 nitrogen and oxygen atoms in total. The van der Waals surface area contributed by atoms with Gasteiger partial charge in [0.15, 0.2) is 0 Å². The lowest BCUT2D eigenvalue weighted by Crippen LogP contribution is -2.48. The number of nitrogens with two attached hydrogens (primary N) is 1. The first kappa shape index (κ1) is 12.6. The number of nitrogens with zero attached hydrogens (tertiary/aromatic N) is 1. The summed E-state index contributed by atoms with van der Waals surface area (Å²) >= 11 is 2.00. The van der Waals surface area contributed by atoms with Crippen molar-refractivity contribution >= 4 is 17.7 Å². The van der Waals surface area contributed by atoms with Crippen molar-refractivity contribution < 1.29 is 0 Å². The minimum atomic E-state index is 0.528. The van der Waals surface area contributed by atoms with E-state index in [0.29, 0.717) is 6.04 Å². The number of guanidine groups is 1. The number of unbranched alkanes of at least 4 members (excludes halogenated alkanes) is 1. The Morgan fingerprint density at radius 1 is 1.60 bits per heavy atom. The van der Waals surface area contributed by atoms with Crippen LogP contribution in [0.15, 0.2) is 4.99 Å². The molecule has 4 N–H and O–H groups in total. The quantitative estimate of drug-likeness (QED) is 0.222. The van der Waals surface area contributed by atoms with Gasteiger partial charge in [0.1, 0.15) is 0 Å². The van der Waals surface area contributed by atoms with Crippen molar-refractivity contribution in [3.63, 3.8) is 0 Å². The molecule has 1 aliphatic heterocycles. The number of thioether (sulfide) groups is 1. The summed E-state index contributed by atoms with van der Waals surface area (Å²) in [5, 5.41) is 3.36. The molecule has 1 unspecified atom stereocenters. The number of hydrogen-bond donors (Lipinski definition) is 3. The Labute approximate surface area is 96.4 Å². The van der Waals surface area contributed by atoms with Crippen LogP contribution in [-0.4, -0.2) is 30.1 Å². The highest BCUT2D eigenvalue weighted by Gasteiger charge is 2.14. The van der Waals surface area contributed by atoms with E-state index in [4.69, 9.17) is 5.84 Å². The molecule has 0 bridgehead atoms. The standard InChI is InChI=1S/C10H22N4S/c1-2-3-6-12-10(14-11)13-9-5-4-7-15-8-9/h9H,2-8,11H2,1H3,(H2,12,13,14). The van der Waals surface area contributed by atoms with Gasteiger partial charge in [0.2, 0.25) is 5.96 Å². The highest BCUT2D eigenvalue weighted by atomic mass is 32.2. The van der Waals surface area contributed by atoms with Crippen LogP contribution in [0.1, 0.15) is 32.6 Å². The molecule has 1 heterocycles. The second-order valence-corrected chi connectivity index (χ2v) is 4.94. The lowest BCUT2D eigenvalue weighted by molar-refractivity contribution is 0.582. The summed E-state index contributed by atoms with van der Waals surface area (Å²) < 4.78 is 0. The molecule has 0 aromatic rings. The molecule has 0 radical (unpaired) electrons. The summed E-state index contributed by atoms with van der Waals surface area (Å²) in [6, 6.07) is 0.528. The molecule has 0 aliphatic carbocycles. The highest BCUT2D eigenvalue weighted by Crippen LogP contribution is 2.16. The van der Waals surface area contributed by atoms with Crippen LogP contribution in [0.25, 0.3) is 0 Å². The van der Waals surface area contributed by atoms with Gasteiger partial charge in [0, 0.05) is 18.3 Å². The predicted molar refractivity (Wildman–Crippen MR) is 68.0 cm³/mol. The fraction of sp³-hybridized carbons (Fsp3) is 0.900. The van der Waals surface area contributed by atoms with Crippen LogP contribution in [0.3, 0.4) is 0 Å². The summed E-state index contributed by atoms with van der Waals surface area (Å²) in [4.78, 5) is 4.39. The van der Waals surface area contributed by atoms with E-state index >= 15 is 0 Å². The molecule has 15 heavy (non-hydrogen) atoms. The van der Waals surface area contributed by atoms with Gasteiger partial charge in [-0.3, -0.25) is 10.4 Å². The van der Waals surface area contributed by atoms with Crippen LogP contribution in [0.4, 0.5) is 0 Å². The number of nitrogens with one attached hydrogen (secondary N) is 2. The molecule has 1 fully saturated rings. The van der Waals surface area contributed by atoms with Crippen LogP contribution in [-0.2, 0) is 0 Å². The van der Waals surface area contributed by atoms with Crippen molar-refractivity contribution in [3.8, 4) is 0 Å². The Kier molecular flexibility index (Phi) is 6.59. The number of hydrogen-bond acceptors (Lipinski definition) is 3. The Balaban J connectivity index is 2.27. The van der Waals surface area contributed by atoms with Crippen molar-refractivity contribution in [1.82, 2.24) is 10.7 Å². The predicted octanol–water partition coefficient (Wildman–Crippen LogP) is 1.09. The molecule has 1 aliphatic rings. The van der Waals surface area contributed by atoms with E-state index in [9.17, 15) is 0 Å². The van der Waals surface area contributed by atoms with Gasteiger partial charge in [-0.15, -0.1) is 0 Å². The lowest BCUT2D eigenvalue weighted by atomic mass is 10.2. The Bertz CT molecular complexity index is 190. The fourth-order valence-electron chi connectivity index (χ4n) is 1.53. The molecule has 0 amide bonds. The van der Waals surface area contributed by atoms with Gasteiger partial charge in [-0.1, -0.05) is 13.3 Å². The van der Waals surface area contributed by atoms with Gasteiger partial charge in [-0.05, 0) is 25.0 Å². The average molecular weight is 230 g/mol. The summed E-state index contributed by atoms with van der Waals surface area (Å²) in [7, 11) is 0. The zero-order chi connectivity index (χ0) is 10.9. The second kappa shape index (κ2) is 7.82. The minimum absolute atomic E-state index is 0.528. The van der Waals surface area contributed by atoms with Crippen LogP contribution >= 0.6 is 11.8 Å². The molecular formula is C10H22N4S. The number of aliphatic imine (C=N–C) groups is 1. The van der Waals surface area contributed by atoms with Crippen LogP contribution < -0.4 is 16.6 Å². The van der Waals surface area contributed by atoms with Gasteiger partial charge in [0.25, 0.3) is 0 Å². The monoisotopic (exact) mass is 230 g/mol. The third kappa shape index (κ3) is 5.28. The zero-order valence-corrected chi connectivity index (χ0v) is 10.3. The molecule has 1 atom stereocenters. The molecule has 88 valence electrons. The first-order chi connectivity index (χ1) is 7.36. The van der Waals surface area contributed by atoms with Crippen LogP contribution in [0, 0.1) is 0 Å². The maximum Gasteiger partial charge on any atom is 0.205 e. The fourth-order valence-corrected chi connectivity index (χ4v) is 2.60. The van der Waals surface area contributed by atoms with Gasteiger partial charge >= 0.3 is 0 Å². The van der Waals surface area contributed by atoms with Crippen molar-refractivity contribution in [2.75, 3.05) is 18.1 Å². The molecular weight excluding hydrogens is 208 g/mol. The first-order valence-electron chi connectivity index (χ1n) is 5.72. The van der Waals surface area contributed by atoms with E-state index in [-0.39, 0.29) is 0 Å². The van der Waals surface area contributed by atoms with Crippen molar-refractivity contribution in [2.45, 2.75) is 38.6 Å². The Morgan fingerprint density at radius 2 is 2.47 bits per heavy atom. The molecule has 1 rings (SSSR count). The number of hydrazine groups is 1. The Hall–Kier alpha value is -0.420. The van der Waals surface area contributed by atoms with Crippen molar-refractivity contribution in [2.24, 2.45) is 10.8 Å². The van der Waals surface area contributed by atoms with Gasteiger partial charge in [-0.2, -0.15) is 11.8 Å². The SMILES string of the molecule is CCCCN=C(NN)NC1CCCSC1. The summed E-state index contributed by atoms with van der Waals surface area (Å²) in [5.41, 5.74) is 2.64. The molecule has 0 aromatic carbocycles. The lowest BCUT2D eigenvalue weighted by Gasteiger charge is -2.23. The smallest absolute Gasteiger partial charge is 0.205 e. The summed E-state index contributed by atoms with van der Waals surface area (Å²) in [5.74, 6) is 8.62. The van der Waals surface area contributed by atoms with E-state index in [1.54, 1.807) is 0 Å². The van der Waals surface area contributed by atoms with E-state index in [0.717, 1.165) is 24.7 Å². The van der Waals surface area contributed by atoms with E-state index in [1.165, 1.54) is 25.0 Å². The normalized spacial score (nSPS) is 22.5. The van der Waals surface area contributed by atoms with E-state index in [1.807, 2.05) is 11.8 Å². The Morgan fingerprint density at radius 3 is 3.07 bits per heavy atom. The van der Waals surface area contributed by atoms with Gasteiger partial charge in [0.05, 0.1) is 0 Å². The third-order valence-electron chi connectivity index (χ3n) is 2.42. The topological polar surface area (TPSA) is 62.4 Å². The summed E-state index contributed by atoms with van der Waals surface area (Å²) in [6.45, 7) is 3.01. The van der Waals surface area contributed by atoms with E-state index in [2.05, 4.69) is 22.7 Å². The van der Waals surface area contributed by atoms with Crippen molar-refractivity contribution in [1.29, 1.82) is 0 Å². The van der Waals surface area contributed by atoms with Gasteiger partial charge < -0.3 is 5.32 Å². The number of rotatable bonds is 4. The van der Waals surface area contributed by atoms with Crippen LogP contribution in [0.2, 0.25) is 0 Å². The molecule has 0 saturated carbocycles. The third-order valence-corrected chi connectivity index (χ3v) is 3.63. The second-order valence-electron chi connectivity index (χ2n) is 3.79. The van der Waals surface area contributed by atoms with Crippen LogP contribution in [0.5, 0.6) is 0 Å². The molecule has 0 aromatic heterocycles. The minimum Gasteiger partial charge on any atom is -0.352 e. The summed E-state index contributed by atoms with van der Waals surface area (Å²) in [6.07, 6.45) is 4.80. The average Bonchev–Trinajstić information content (AvgIpc) is 2.29. The van der Waals surface area contributed by atoms with Gasteiger partial charge in [-0.25, -0.2) is 5.84 Å². The first-order valence-corrected chi connectivity index (χ1v) is 6.87. The molecule has 5 heteroatoms. The largest absolute Gasteiger partial charge is 0.352 e. The highest BCUT2D eigenvalue weighted by molar-refractivity contribution is 7.99. The maximum atomic E-state index is 5.42.